The zero-order valence-electron chi connectivity index (χ0n) is 10.4. The van der Waals surface area contributed by atoms with Crippen LogP contribution in [0.3, 0.4) is 0 Å². The molecule has 2 rings (SSSR count). The van der Waals surface area contributed by atoms with E-state index in [0.29, 0.717) is 11.1 Å². The molecule has 0 saturated heterocycles. The number of hydrogen-bond acceptors (Lipinski definition) is 3. The lowest BCUT2D eigenvalue weighted by atomic mass is 10.1. The average molecular weight is 252 g/mol. The Kier molecular flexibility index (Phi) is 3.84. The van der Waals surface area contributed by atoms with Crippen LogP contribution >= 0.6 is 0 Å². The molecular formula is C16H12O3. The van der Waals surface area contributed by atoms with E-state index in [4.69, 9.17) is 0 Å². The SMILES string of the molecule is COC(=O)c1ccc(O)c(C#Cc2ccccc2)c1. The van der Waals surface area contributed by atoms with Crippen molar-refractivity contribution >= 4 is 5.97 Å². The van der Waals surface area contributed by atoms with Crippen LogP contribution in [-0.4, -0.2) is 18.2 Å². The summed E-state index contributed by atoms with van der Waals surface area (Å²) >= 11 is 0. The Morgan fingerprint density at radius 1 is 1.11 bits per heavy atom. The van der Waals surface area contributed by atoms with Gasteiger partial charge in [0.2, 0.25) is 0 Å². The fourth-order valence-electron chi connectivity index (χ4n) is 1.54. The number of ether oxygens (including phenoxy) is 1. The fraction of sp³-hybridized carbons (Fsp3) is 0.0625. The van der Waals surface area contributed by atoms with Gasteiger partial charge in [0.1, 0.15) is 5.75 Å². The van der Waals surface area contributed by atoms with Crippen LogP contribution in [0, 0.1) is 11.8 Å². The normalized spacial score (nSPS) is 9.32. The van der Waals surface area contributed by atoms with Gasteiger partial charge in [0.05, 0.1) is 18.2 Å². The Morgan fingerprint density at radius 3 is 2.53 bits per heavy atom. The highest BCUT2D eigenvalue weighted by atomic mass is 16.5. The molecule has 0 fully saturated rings. The highest BCUT2D eigenvalue weighted by Crippen LogP contribution is 2.18. The lowest BCUT2D eigenvalue weighted by Gasteiger charge is -2.01. The van der Waals surface area contributed by atoms with Crippen LogP contribution < -0.4 is 0 Å². The average Bonchev–Trinajstić information content (AvgIpc) is 2.46. The van der Waals surface area contributed by atoms with Crippen molar-refractivity contribution in [2.24, 2.45) is 0 Å². The molecule has 0 heterocycles. The van der Waals surface area contributed by atoms with Gasteiger partial charge in [-0.15, -0.1) is 0 Å². The van der Waals surface area contributed by atoms with Gasteiger partial charge in [-0.25, -0.2) is 4.79 Å². The van der Waals surface area contributed by atoms with E-state index in [9.17, 15) is 9.90 Å². The number of methoxy groups -OCH3 is 1. The van der Waals surface area contributed by atoms with Crippen molar-refractivity contribution in [3.05, 3.63) is 65.2 Å². The van der Waals surface area contributed by atoms with E-state index in [0.717, 1.165) is 5.56 Å². The zero-order chi connectivity index (χ0) is 13.7. The lowest BCUT2D eigenvalue weighted by molar-refractivity contribution is 0.0600. The molecule has 2 aromatic rings. The van der Waals surface area contributed by atoms with Crippen LogP contribution in [0.4, 0.5) is 0 Å². The number of hydrogen-bond donors (Lipinski definition) is 1. The van der Waals surface area contributed by atoms with Crippen molar-refractivity contribution in [2.45, 2.75) is 0 Å². The first-order valence-corrected chi connectivity index (χ1v) is 5.69. The van der Waals surface area contributed by atoms with Crippen LogP contribution in [0.5, 0.6) is 5.75 Å². The number of carbonyl (C=O) groups is 1. The molecule has 0 aliphatic carbocycles. The maximum absolute atomic E-state index is 11.4. The molecule has 0 amide bonds. The number of benzene rings is 2. The first-order valence-electron chi connectivity index (χ1n) is 5.69. The van der Waals surface area contributed by atoms with Crippen molar-refractivity contribution in [1.82, 2.24) is 0 Å². The number of phenolic OH excluding ortho intramolecular Hbond substituents is 1. The van der Waals surface area contributed by atoms with Crippen molar-refractivity contribution < 1.29 is 14.6 Å². The molecule has 0 saturated carbocycles. The summed E-state index contributed by atoms with van der Waals surface area (Å²) in [6.45, 7) is 0. The Balaban J connectivity index is 2.35. The van der Waals surface area contributed by atoms with E-state index in [2.05, 4.69) is 16.6 Å². The Bertz CT molecular complexity index is 649. The molecule has 0 bridgehead atoms. The van der Waals surface area contributed by atoms with Gasteiger partial charge in [0, 0.05) is 5.56 Å². The van der Waals surface area contributed by atoms with Gasteiger partial charge in [-0.2, -0.15) is 0 Å². The van der Waals surface area contributed by atoms with Gasteiger partial charge < -0.3 is 9.84 Å². The quantitative estimate of drug-likeness (QED) is 0.626. The maximum Gasteiger partial charge on any atom is 0.337 e. The predicted octanol–water partition coefficient (Wildman–Crippen LogP) is 2.58. The Morgan fingerprint density at radius 2 is 1.84 bits per heavy atom. The van der Waals surface area contributed by atoms with Crippen LogP contribution in [-0.2, 0) is 4.74 Å². The van der Waals surface area contributed by atoms with Gasteiger partial charge in [0.25, 0.3) is 0 Å². The fourth-order valence-corrected chi connectivity index (χ4v) is 1.54. The summed E-state index contributed by atoms with van der Waals surface area (Å²) in [5.41, 5.74) is 1.59. The van der Waals surface area contributed by atoms with Crippen LogP contribution in [0.1, 0.15) is 21.5 Å². The number of phenols is 1. The summed E-state index contributed by atoms with van der Waals surface area (Å²) in [4.78, 5) is 11.4. The summed E-state index contributed by atoms with van der Waals surface area (Å²) in [6, 6.07) is 13.8. The molecule has 3 nitrogen and oxygen atoms in total. The summed E-state index contributed by atoms with van der Waals surface area (Å²) in [6.07, 6.45) is 0. The summed E-state index contributed by atoms with van der Waals surface area (Å²) in [5, 5.41) is 9.71. The second-order valence-corrected chi connectivity index (χ2v) is 3.84. The molecule has 0 radical (unpaired) electrons. The number of carbonyl (C=O) groups excluding carboxylic acids is 1. The molecule has 0 spiro atoms. The topological polar surface area (TPSA) is 46.5 Å². The minimum absolute atomic E-state index is 0.0380. The minimum atomic E-state index is -0.456. The summed E-state index contributed by atoms with van der Waals surface area (Å²) in [5.74, 6) is 5.35. The Hall–Kier alpha value is -2.73. The van der Waals surface area contributed by atoms with Crippen LogP contribution in [0.15, 0.2) is 48.5 Å². The number of rotatable bonds is 1. The van der Waals surface area contributed by atoms with Crippen molar-refractivity contribution in [3.8, 4) is 17.6 Å². The molecule has 1 N–H and O–H groups in total. The highest BCUT2D eigenvalue weighted by Gasteiger charge is 2.07. The molecule has 2 aromatic carbocycles. The molecule has 0 aromatic heterocycles. The van der Waals surface area contributed by atoms with Crippen molar-refractivity contribution in [3.63, 3.8) is 0 Å². The maximum atomic E-state index is 11.4. The first kappa shape index (κ1) is 12.7. The number of aromatic hydroxyl groups is 1. The molecule has 0 aliphatic heterocycles. The largest absolute Gasteiger partial charge is 0.507 e. The standard InChI is InChI=1S/C16H12O3/c1-19-16(18)14-9-10-15(17)13(11-14)8-7-12-5-3-2-4-6-12/h2-6,9-11,17H,1H3. The third-order valence-electron chi connectivity index (χ3n) is 2.53. The minimum Gasteiger partial charge on any atom is -0.507 e. The van der Waals surface area contributed by atoms with Crippen molar-refractivity contribution in [1.29, 1.82) is 0 Å². The molecule has 0 unspecified atom stereocenters. The monoisotopic (exact) mass is 252 g/mol. The first-order chi connectivity index (χ1) is 9.20. The van der Waals surface area contributed by atoms with Gasteiger partial charge in [0.15, 0.2) is 0 Å². The highest BCUT2D eigenvalue weighted by molar-refractivity contribution is 5.90. The van der Waals surface area contributed by atoms with E-state index < -0.39 is 5.97 Å². The third kappa shape index (κ3) is 3.14. The van der Waals surface area contributed by atoms with Crippen LogP contribution in [0.2, 0.25) is 0 Å². The van der Waals surface area contributed by atoms with E-state index >= 15 is 0 Å². The molecule has 94 valence electrons. The summed E-state index contributed by atoms with van der Waals surface area (Å²) in [7, 11) is 1.31. The third-order valence-corrected chi connectivity index (χ3v) is 2.53. The second kappa shape index (κ2) is 5.74. The predicted molar refractivity (Wildman–Crippen MR) is 71.9 cm³/mol. The van der Waals surface area contributed by atoms with E-state index in [1.54, 1.807) is 0 Å². The van der Waals surface area contributed by atoms with Crippen LogP contribution in [0.25, 0.3) is 0 Å². The smallest absolute Gasteiger partial charge is 0.337 e. The van der Waals surface area contributed by atoms with Crippen molar-refractivity contribution in [2.75, 3.05) is 7.11 Å². The van der Waals surface area contributed by atoms with Gasteiger partial charge in [-0.3, -0.25) is 0 Å². The molecule has 19 heavy (non-hydrogen) atoms. The van der Waals surface area contributed by atoms with Gasteiger partial charge in [-0.1, -0.05) is 30.0 Å². The van der Waals surface area contributed by atoms with Gasteiger partial charge in [-0.05, 0) is 30.3 Å². The van der Waals surface area contributed by atoms with Gasteiger partial charge >= 0.3 is 5.97 Å². The summed E-state index contributed by atoms with van der Waals surface area (Å²) < 4.78 is 4.63. The van der Waals surface area contributed by atoms with E-state index in [-0.39, 0.29) is 5.75 Å². The zero-order valence-corrected chi connectivity index (χ0v) is 10.4. The molecule has 0 aliphatic rings. The van der Waals surface area contributed by atoms with E-state index in [1.807, 2.05) is 30.3 Å². The molecular weight excluding hydrogens is 240 g/mol. The number of esters is 1. The Labute approximate surface area is 111 Å². The molecule has 3 heteroatoms. The van der Waals surface area contributed by atoms with E-state index in [1.165, 1.54) is 25.3 Å². The lowest BCUT2D eigenvalue weighted by Crippen LogP contribution is -2.01. The molecule has 0 atom stereocenters. The second-order valence-electron chi connectivity index (χ2n) is 3.84.